The van der Waals surface area contributed by atoms with Crippen molar-refractivity contribution in [3.8, 4) is 0 Å². The predicted molar refractivity (Wildman–Crippen MR) is 90.0 cm³/mol. The molecule has 22 heavy (non-hydrogen) atoms. The number of nitrogens with one attached hydrogen (secondary N) is 1. The molecular weight excluding hydrogens is 294 g/mol. The standard InChI is InChI=1S/C17H24N3OS/c21-14-17(22-16-4-2-1-3-5-16)20-12-10-19(11-13-20)15-6-8-18-9-7-15/h2-5,14-15,17-18H,6-13H2. The highest BCUT2D eigenvalue weighted by Gasteiger charge is 2.28. The van der Waals surface area contributed by atoms with Crippen molar-refractivity contribution in [1.29, 1.82) is 0 Å². The number of thioether (sulfide) groups is 1. The van der Waals surface area contributed by atoms with Gasteiger partial charge in [-0.3, -0.25) is 9.80 Å². The van der Waals surface area contributed by atoms with Crippen LogP contribution in [0.3, 0.4) is 0 Å². The summed E-state index contributed by atoms with van der Waals surface area (Å²) in [6.07, 6.45) is 3.60. The normalized spacial score (nSPS) is 23.3. The summed E-state index contributed by atoms with van der Waals surface area (Å²) >= 11 is 1.64. The van der Waals surface area contributed by atoms with Gasteiger partial charge in [0.15, 0.2) is 0 Å². The molecule has 2 saturated heterocycles. The number of hydrogen-bond acceptors (Lipinski definition) is 5. The Morgan fingerprint density at radius 1 is 1.18 bits per heavy atom. The van der Waals surface area contributed by atoms with Gasteiger partial charge in [0.25, 0.3) is 0 Å². The molecule has 1 radical (unpaired) electrons. The van der Waals surface area contributed by atoms with Crippen molar-refractivity contribution in [2.75, 3.05) is 39.3 Å². The molecule has 2 aliphatic heterocycles. The van der Waals surface area contributed by atoms with Gasteiger partial charge in [-0.2, -0.15) is 0 Å². The summed E-state index contributed by atoms with van der Waals surface area (Å²) < 4.78 is 0. The van der Waals surface area contributed by atoms with E-state index in [1.165, 1.54) is 12.8 Å². The lowest BCUT2D eigenvalue weighted by Crippen LogP contribution is -2.54. The Kier molecular flexibility index (Phi) is 5.89. The van der Waals surface area contributed by atoms with E-state index >= 15 is 0 Å². The summed E-state index contributed by atoms with van der Waals surface area (Å²) in [5.74, 6) is 0. The number of benzene rings is 1. The summed E-state index contributed by atoms with van der Waals surface area (Å²) in [5.41, 5.74) is 0. The zero-order chi connectivity index (χ0) is 15.2. The first kappa shape index (κ1) is 16.0. The van der Waals surface area contributed by atoms with Crippen LogP contribution in [0.4, 0.5) is 0 Å². The van der Waals surface area contributed by atoms with Crippen molar-refractivity contribution in [2.45, 2.75) is 29.2 Å². The monoisotopic (exact) mass is 318 g/mol. The molecule has 0 bridgehead atoms. The fourth-order valence-electron chi connectivity index (χ4n) is 3.31. The lowest BCUT2D eigenvalue weighted by atomic mass is 10.0. The van der Waals surface area contributed by atoms with Gasteiger partial charge in [-0.1, -0.05) is 23.9 Å². The third-order valence-electron chi connectivity index (χ3n) is 4.59. The highest BCUT2D eigenvalue weighted by atomic mass is 32.2. The molecule has 0 amide bonds. The van der Waals surface area contributed by atoms with Gasteiger partial charge >= 0.3 is 0 Å². The molecule has 1 aromatic carbocycles. The smallest absolute Gasteiger partial charge is 0.147 e. The maximum Gasteiger partial charge on any atom is 0.147 e. The maximum atomic E-state index is 11.5. The van der Waals surface area contributed by atoms with E-state index in [2.05, 4.69) is 21.2 Å². The number of carbonyl (C=O) groups is 1. The van der Waals surface area contributed by atoms with Crippen LogP contribution in [0, 0.1) is 6.07 Å². The molecular formula is C17H24N3OS. The Hall–Kier alpha value is -0.880. The largest absolute Gasteiger partial charge is 0.317 e. The van der Waals surface area contributed by atoms with Gasteiger partial charge in [-0.05, 0) is 44.1 Å². The molecule has 4 nitrogen and oxygen atoms in total. The van der Waals surface area contributed by atoms with E-state index in [4.69, 9.17) is 0 Å². The summed E-state index contributed by atoms with van der Waals surface area (Å²) in [7, 11) is 0. The van der Waals surface area contributed by atoms with Crippen molar-refractivity contribution >= 4 is 18.0 Å². The second kappa shape index (κ2) is 8.11. The van der Waals surface area contributed by atoms with Crippen molar-refractivity contribution in [3.05, 3.63) is 30.3 Å². The van der Waals surface area contributed by atoms with Crippen molar-refractivity contribution < 1.29 is 4.79 Å². The molecule has 2 aliphatic rings. The number of aldehydes is 1. The summed E-state index contributed by atoms with van der Waals surface area (Å²) in [6.45, 7) is 6.42. The number of hydrogen-bond donors (Lipinski definition) is 1. The van der Waals surface area contributed by atoms with Gasteiger partial charge in [0.05, 0.1) is 0 Å². The van der Waals surface area contributed by atoms with E-state index < -0.39 is 0 Å². The molecule has 0 spiro atoms. The molecule has 5 heteroatoms. The quantitative estimate of drug-likeness (QED) is 0.657. The number of piperazine rings is 1. The minimum absolute atomic E-state index is 0.0717. The number of nitrogens with zero attached hydrogens (tertiary/aromatic N) is 2. The van der Waals surface area contributed by atoms with E-state index in [1.54, 1.807) is 11.8 Å². The average Bonchev–Trinajstić information content (AvgIpc) is 2.61. The molecule has 1 aromatic rings. The number of piperidine rings is 1. The zero-order valence-corrected chi connectivity index (χ0v) is 13.7. The van der Waals surface area contributed by atoms with E-state index in [0.717, 1.165) is 56.5 Å². The minimum atomic E-state index is -0.0717. The van der Waals surface area contributed by atoms with Gasteiger partial charge < -0.3 is 10.1 Å². The second-order valence-corrected chi connectivity index (χ2v) is 7.12. The number of carbonyl (C=O) groups excluding carboxylic acids is 1. The summed E-state index contributed by atoms with van der Waals surface area (Å²) in [6, 6.07) is 11.6. The van der Waals surface area contributed by atoms with Crippen LogP contribution in [0.2, 0.25) is 0 Å². The first-order valence-electron chi connectivity index (χ1n) is 8.14. The summed E-state index contributed by atoms with van der Waals surface area (Å²) in [4.78, 5) is 17.6. The van der Waals surface area contributed by atoms with Crippen LogP contribution in [0.15, 0.2) is 29.2 Å². The molecule has 2 heterocycles. The van der Waals surface area contributed by atoms with Crippen LogP contribution in [0.1, 0.15) is 12.8 Å². The Labute approximate surface area is 137 Å². The Balaban J connectivity index is 1.51. The fourth-order valence-corrected chi connectivity index (χ4v) is 4.29. The Bertz CT molecular complexity index is 456. The third-order valence-corrected chi connectivity index (χ3v) is 5.79. The van der Waals surface area contributed by atoms with Gasteiger partial charge in [0.2, 0.25) is 0 Å². The van der Waals surface area contributed by atoms with Crippen molar-refractivity contribution in [3.63, 3.8) is 0 Å². The lowest BCUT2D eigenvalue weighted by molar-refractivity contribution is -0.110. The Morgan fingerprint density at radius 2 is 1.86 bits per heavy atom. The molecule has 1 unspecified atom stereocenters. The molecule has 119 valence electrons. The number of rotatable bonds is 5. The van der Waals surface area contributed by atoms with E-state index in [-0.39, 0.29) is 5.37 Å². The molecule has 1 atom stereocenters. The lowest BCUT2D eigenvalue weighted by Gasteiger charge is -2.42. The fraction of sp³-hybridized carbons (Fsp3) is 0.588. The van der Waals surface area contributed by atoms with Crippen LogP contribution in [0.5, 0.6) is 0 Å². The molecule has 0 saturated carbocycles. The molecule has 2 fully saturated rings. The highest BCUT2D eigenvalue weighted by Crippen LogP contribution is 2.25. The van der Waals surface area contributed by atoms with E-state index in [1.807, 2.05) is 24.3 Å². The SMILES string of the molecule is O=CC(Sc1cc[c]cc1)N1CCN(C2CCNCC2)CC1. The molecule has 0 aliphatic carbocycles. The second-order valence-electron chi connectivity index (χ2n) is 5.93. The zero-order valence-electron chi connectivity index (χ0n) is 12.9. The van der Waals surface area contributed by atoms with Crippen LogP contribution in [0.25, 0.3) is 0 Å². The Morgan fingerprint density at radius 3 is 2.50 bits per heavy atom. The molecule has 0 aromatic heterocycles. The van der Waals surface area contributed by atoms with Crippen LogP contribution in [-0.2, 0) is 4.79 Å². The minimum Gasteiger partial charge on any atom is -0.317 e. The van der Waals surface area contributed by atoms with Gasteiger partial charge in [-0.25, -0.2) is 0 Å². The van der Waals surface area contributed by atoms with Gasteiger partial charge in [0, 0.05) is 37.1 Å². The highest BCUT2D eigenvalue weighted by molar-refractivity contribution is 8.00. The average molecular weight is 318 g/mol. The maximum absolute atomic E-state index is 11.5. The molecule has 1 N–H and O–H groups in total. The van der Waals surface area contributed by atoms with Crippen LogP contribution >= 0.6 is 11.8 Å². The first-order valence-corrected chi connectivity index (χ1v) is 9.01. The third kappa shape index (κ3) is 4.10. The first-order chi connectivity index (χ1) is 10.9. The topological polar surface area (TPSA) is 35.6 Å². The van der Waals surface area contributed by atoms with Crippen molar-refractivity contribution in [1.82, 2.24) is 15.1 Å². The van der Waals surface area contributed by atoms with Crippen LogP contribution in [-0.4, -0.2) is 66.8 Å². The summed E-state index contributed by atoms with van der Waals surface area (Å²) in [5, 5.41) is 3.36. The van der Waals surface area contributed by atoms with E-state index in [0.29, 0.717) is 0 Å². The molecule has 3 rings (SSSR count). The van der Waals surface area contributed by atoms with Crippen LogP contribution < -0.4 is 5.32 Å². The van der Waals surface area contributed by atoms with Crippen molar-refractivity contribution in [2.24, 2.45) is 0 Å². The van der Waals surface area contributed by atoms with E-state index in [9.17, 15) is 4.79 Å². The predicted octanol–water partition coefficient (Wildman–Crippen LogP) is 1.47. The van der Waals surface area contributed by atoms with Gasteiger partial charge in [0.1, 0.15) is 11.7 Å². The van der Waals surface area contributed by atoms with Gasteiger partial charge in [-0.15, -0.1) is 0 Å².